The van der Waals surface area contributed by atoms with Gasteiger partial charge in [-0.25, -0.2) is 0 Å². The summed E-state index contributed by atoms with van der Waals surface area (Å²) in [6, 6.07) is 1.42. The zero-order valence-corrected chi connectivity index (χ0v) is 9.86. The van der Waals surface area contributed by atoms with Crippen molar-refractivity contribution in [2.45, 2.75) is 32.9 Å². The van der Waals surface area contributed by atoms with E-state index in [1.54, 1.807) is 0 Å². The lowest BCUT2D eigenvalue weighted by molar-refractivity contribution is 0.126. The quantitative estimate of drug-likeness (QED) is 0.694. The molecule has 1 saturated heterocycles. The third kappa shape index (κ3) is 3.49. The van der Waals surface area contributed by atoms with E-state index in [1.165, 1.54) is 18.1 Å². The Bertz CT molecular complexity index is 131. The fourth-order valence-corrected chi connectivity index (χ4v) is 2.55. The zero-order valence-electron chi connectivity index (χ0n) is 9.05. The highest BCUT2D eigenvalue weighted by Crippen LogP contribution is 2.10. The number of thioether (sulfide) groups is 1. The van der Waals surface area contributed by atoms with Gasteiger partial charge >= 0.3 is 0 Å². The number of nitrogens with zero attached hydrogens (tertiary/aromatic N) is 1. The summed E-state index contributed by atoms with van der Waals surface area (Å²) in [6.07, 6.45) is 0. The summed E-state index contributed by atoms with van der Waals surface area (Å²) in [4.78, 5) is 2.62. The van der Waals surface area contributed by atoms with Crippen LogP contribution in [0.3, 0.4) is 0 Å². The van der Waals surface area contributed by atoms with E-state index in [2.05, 4.69) is 31.0 Å². The minimum Gasteiger partial charge on any atom is -0.314 e. The molecule has 1 aliphatic heterocycles. The molecule has 0 aliphatic carbocycles. The van der Waals surface area contributed by atoms with Crippen molar-refractivity contribution in [2.24, 2.45) is 0 Å². The van der Waals surface area contributed by atoms with Crippen LogP contribution in [0.15, 0.2) is 0 Å². The number of hydrogen-bond acceptors (Lipinski definition) is 3. The third-order valence-electron chi connectivity index (χ3n) is 2.71. The molecule has 1 fully saturated rings. The monoisotopic (exact) mass is 202 g/mol. The van der Waals surface area contributed by atoms with Crippen LogP contribution in [0.25, 0.3) is 0 Å². The Morgan fingerprint density at radius 1 is 1.31 bits per heavy atom. The van der Waals surface area contributed by atoms with Crippen LogP contribution in [0.5, 0.6) is 0 Å². The number of nitrogens with one attached hydrogen (secondary N) is 1. The van der Waals surface area contributed by atoms with Crippen molar-refractivity contribution in [3.63, 3.8) is 0 Å². The van der Waals surface area contributed by atoms with E-state index in [9.17, 15) is 0 Å². The summed E-state index contributed by atoms with van der Waals surface area (Å²) in [5.41, 5.74) is 0. The molecule has 1 heterocycles. The van der Waals surface area contributed by atoms with Gasteiger partial charge in [0.15, 0.2) is 0 Å². The van der Waals surface area contributed by atoms with Gasteiger partial charge < -0.3 is 5.32 Å². The van der Waals surface area contributed by atoms with Crippen molar-refractivity contribution in [3.8, 4) is 0 Å². The van der Waals surface area contributed by atoms with Gasteiger partial charge in [0.05, 0.1) is 0 Å². The normalized spacial score (nSPS) is 30.7. The molecule has 1 N–H and O–H groups in total. The van der Waals surface area contributed by atoms with Crippen molar-refractivity contribution >= 4 is 11.8 Å². The number of hydrogen-bond donors (Lipinski definition) is 1. The topological polar surface area (TPSA) is 15.3 Å². The summed E-state index contributed by atoms with van der Waals surface area (Å²) in [6.45, 7) is 10.4. The minimum absolute atomic E-state index is 0.709. The molecule has 0 bridgehead atoms. The maximum atomic E-state index is 3.46. The summed E-state index contributed by atoms with van der Waals surface area (Å²) >= 11 is 2.04. The SMILES string of the molecule is CCSCCN1[C@H](C)CNC[C@@H]1C. The predicted octanol–water partition coefficient (Wildman–Crippen LogP) is 1.42. The lowest BCUT2D eigenvalue weighted by Gasteiger charge is -2.39. The van der Waals surface area contributed by atoms with E-state index >= 15 is 0 Å². The van der Waals surface area contributed by atoms with Crippen LogP contribution in [0.2, 0.25) is 0 Å². The first-order chi connectivity index (χ1) is 6.25. The van der Waals surface area contributed by atoms with E-state index in [0.29, 0.717) is 12.1 Å². The van der Waals surface area contributed by atoms with Gasteiger partial charge in [-0.2, -0.15) is 11.8 Å². The predicted molar refractivity (Wildman–Crippen MR) is 61.5 cm³/mol. The Balaban J connectivity index is 2.26. The molecule has 78 valence electrons. The molecule has 0 unspecified atom stereocenters. The van der Waals surface area contributed by atoms with Gasteiger partial charge in [0, 0.05) is 37.5 Å². The van der Waals surface area contributed by atoms with Gasteiger partial charge in [-0.3, -0.25) is 4.90 Å². The molecule has 0 radical (unpaired) electrons. The second kappa shape index (κ2) is 5.89. The van der Waals surface area contributed by atoms with Crippen molar-refractivity contribution in [1.82, 2.24) is 10.2 Å². The molecule has 0 aromatic carbocycles. The first kappa shape index (κ1) is 11.3. The molecular weight excluding hydrogens is 180 g/mol. The molecule has 13 heavy (non-hydrogen) atoms. The Morgan fingerprint density at radius 2 is 1.92 bits per heavy atom. The van der Waals surface area contributed by atoms with Crippen LogP contribution in [0.4, 0.5) is 0 Å². The maximum Gasteiger partial charge on any atom is 0.0196 e. The van der Waals surface area contributed by atoms with Crippen LogP contribution < -0.4 is 5.32 Å². The summed E-state index contributed by atoms with van der Waals surface area (Å²) in [5.74, 6) is 2.53. The van der Waals surface area contributed by atoms with Crippen LogP contribution in [-0.2, 0) is 0 Å². The Kier molecular flexibility index (Phi) is 5.14. The molecule has 2 atom stereocenters. The lowest BCUT2D eigenvalue weighted by atomic mass is 10.1. The lowest BCUT2D eigenvalue weighted by Crippen LogP contribution is -2.55. The summed E-state index contributed by atoms with van der Waals surface area (Å²) in [7, 11) is 0. The van der Waals surface area contributed by atoms with Crippen molar-refractivity contribution in [3.05, 3.63) is 0 Å². The first-order valence-electron chi connectivity index (χ1n) is 5.30. The zero-order chi connectivity index (χ0) is 9.68. The van der Waals surface area contributed by atoms with Crippen LogP contribution in [-0.4, -0.2) is 48.1 Å². The van der Waals surface area contributed by atoms with E-state index < -0.39 is 0 Å². The largest absolute Gasteiger partial charge is 0.314 e. The van der Waals surface area contributed by atoms with Gasteiger partial charge in [-0.15, -0.1) is 0 Å². The van der Waals surface area contributed by atoms with Crippen LogP contribution >= 0.6 is 11.8 Å². The number of rotatable bonds is 4. The molecule has 1 aliphatic rings. The average Bonchev–Trinajstić information content (AvgIpc) is 2.10. The highest BCUT2D eigenvalue weighted by atomic mass is 32.2. The number of piperazine rings is 1. The van der Waals surface area contributed by atoms with Crippen LogP contribution in [0, 0.1) is 0 Å². The smallest absolute Gasteiger partial charge is 0.0196 e. The standard InChI is InChI=1S/C10H22N2S/c1-4-13-6-5-12-9(2)7-11-8-10(12)3/h9-11H,4-8H2,1-3H3/t9-,10+. The molecule has 3 heteroatoms. The summed E-state index contributed by atoms with van der Waals surface area (Å²) in [5, 5.41) is 3.46. The molecule has 0 spiro atoms. The molecule has 0 aromatic heterocycles. The van der Waals surface area contributed by atoms with E-state index in [0.717, 1.165) is 13.1 Å². The van der Waals surface area contributed by atoms with Gasteiger partial charge in [0.25, 0.3) is 0 Å². The molecule has 0 amide bonds. The summed E-state index contributed by atoms with van der Waals surface area (Å²) < 4.78 is 0. The van der Waals surface area contributed by atoms with E-state index in [-0.39, 0.29) is 0 Å². The second-order valence-electron chi connectivity index (χ2n) is 3.79. The van der Waals surface area contributed by atoms with E-state index in [1.807, 2.05) is 11.8 Å². The second-order valence-corrected chi connectivity index (χ2v) is 5.18. The average molecular weight is 202 g/mol. The van der Waals surface area contributed by atoms with Crippen molar-refractivity contribution < 1.29 is 0 Å². The molecule has 1 rings (SSSR count). The molecule has 0 saturated carbocycles. The minimum atomic E-state index is 0.709. The van der Waals surface area contributed by atoms with Gasteiger partial charge in [-0.1, -0.05) is 6.92 Å². The third-order valence-corrected chi connectivity index (χ3v) is 3.59. The van der Waals surface area contributed by atoms with Crippen molar-refractivity contribution in [1.29, 1.82) is 0 Å². The van der Waals surface area contributed by atoms with Gasteiger partial charge in [-0.05, 0) is 19.6 Å². The highest BCUT2D eigenvalue weighted by molar-refractivity contribution is 7.99. The fraction of sp³-hybridized carbons (Fsp3) is 1.00. The molecule has 0 aromatic rings. The maximum absolute atomic E-state index is 3.46. The molecule has 2 nitrogen and oxygen atoms in total. The van der Waals surface area contributed by atoms with Crippen LogP contribution in [0.1, 0.15) is 20.8 Å². The highest BCUT2D eigenvalue weighted by Gasteiger charge is 2.23. The molecular formula is C10H22N2S. The Hall–Kier alpha value is 0.270. The van der Waals surface area contributed by atoms with Gasteiger partial charge in [0.1, 0.15) is 0 Å². The van der Waals surface area contributed by atoms with Crippen molar-refractivity contribution in [2.75, 3.05) is 31.1 Å². The Labute approximate surface area is 86.5 Å². The first-order valence-corrected chi connectivity index (χ1v) is 6.45. The Morgan fingerprint density at radius 3 is 2.46 bits per heavy atom. The van der Waals surface area contributed by atoms with Gasteiger partial charge in [0.2, 0.25) is 0 Å². The van der Waals surface area contributed by atoms with E-state index in [4.69, 9.17) is 0 Å². The fourth-order valence-electron chi connectivity index (χ4n) is 1.93.